The molecule has 0 radical (unpaired) electrons. The molecule has 170 valence electrons. The third-order valence-corrected chi connectivity index (χ3v) is 4.49. The molecule has 0 fully saturated rings. The maximum atomic E-state index is 13.8. The van der Waals surface area contributed by atoms with Crippen molar-refractivity contribution >= 4 is 15.9 Å². The quantitative estimate of drug-likeness (QED) is 0.177. The topological polar surface area (TPSA) is 0 Å². The van der Waals surface area contributed by atoms with Crippen molar-refractivity contribution in [3.8, 4) is 0 Å². The molecule has 0 aromatic carbocycles. The number of alkyl halides is 15. The molecule has 0 saturated carbocycles. The van der Waals surface area contributed by atoms with Crippen molar-refractivity contribution in [2.75, 3.05) is 5.33 Å². The van der Waals surface area contributed by atoms with Crippen molar-refractivity contribution in [2.24, 2.45) is 5.92 Å². The van der Waals surface area contributed by atoms with Gasteiger partial charge in [-0.1, -0.05) is 28.8 Å². The van der Waals surface area contributed by atoms with Crippen LogP contribution < -0.4 is 0 Å². The van der Waals surface area contributed by atoms with Crippen LogP contribution in [0.5, 0.6) is 0 Å². The zero-order chi connectivity index (χ0) is 22.8. The van der Waals surface area contributed by atoms with E-state index in [1.807, 2.05) is 0 Å². The summed E-state index contributed by atoms with van der Waals surface area (Å²) in [6.45, 7) is 0. The van der Waals surface area contributed by atoms with Gasteiger partial charge in [-0.2, -0.15) is 52.7 Å². The summed E-state index contributed by atoms with van der Waals surface area (Å²) in [5.74, 6) is -2.86. The minimum absolute atomic E-state index is 0.0539. The van der Waals surface area contributed by atoms with Gasteiger partial charge in [0.05, 0.1) is 0 Å². The average molecular weight is 515 g/mol. The maximum absolute atomic E-state index is 13.8. The van der Waals surface area contributed by atoms with Crippen LogP contribution in [0.1, 0.15) is 32.1 Å². The first-order chi connectivity index (χ1) is 12.1. The van der Waals surface area contributed by atoms with E-state index >= 15 is 0 Å². The molecular formula is C13H13BrF14. The van der Waals surface area contributed by atoms with Gasteiger partial charge in [0.1, 0.15) is 0 Å². The Hall–Kier alpha value is -0.500. The predicted molar refractivity (Wildman–Crippen MR) is 72.3 cm³/mol. The van der Waals surface area contributed by atoms with Crippen LogP contribution >= 0.6 is 15.9 Å². The molecule has 0 spiro atoms. The molecule has 0 unspecified atom stereocenters. The molecule has 0 aliphatic carbocycles. The Kier molecular flexibility index (Phi) is 8.55. The summed E-state index contributed by atoms with van der Waals surface area (Å²) in [4.78, 5) is 0. The lowest BCUT2D eigenvalue weighted by atomic mass is 9.80. The summed E-state index contributed by atoms with van der Waals surface area (Å²) >= 11 is 2.78. The fourth-order valence-corrected chi connectivity index (χ4v) is 2.78. The van der Waals surface area contributed by atoms with Gasteiger partial charge in [-0.05, 0) is 12.3 Å². The second-order valence-electron chi connectivity index (χ2n) is 6.05. The van der Waals surface area contributed by atoms with Crippen LogP contribution in [0, 0.1) is 5.92 Å². The number of hydrogen-bond donors (Lipinski definition) is 0. The number of rotatable bonds is 8. The minimum Gasteiger partial charge on any atom is -0.224 e. The molecule has 15 heteroatoms. The molecule has 0 aromatic rings. The van der Waals surface area contributed by atoms with Gasteiger partial charge in [-0.3, -0.25) is 0 Å². The maximum Gasteiger partial charge on any atom is 0.431 e. The first-order valence-electron chi connectivity index (χ1n) is 7.34. The van der Waals surface area contributed by atoms with Crippen molar-refractivity contribution in [3.63, 3.8) is 0 Å². The van der Waals surface area contributed by atoms with Gasteiger partial charge in [0.25, 0.3) is 11.3 Å². The van der Waals surface area contributed by atoms with E-state index in [1.165, 1.54) is 0 Å². The molecule has 0 rings (SSSR count). The Labute approximate surface area is 157 Å². The lowest BCUT2D eigenvalue weighted by molar-refractivity contribution is -0.356. The summed E-state index contributed by atoms with van der Waals surface area (Å²) in [6.07, 6.45) is -34.1. The van der Waals surface area contributed by atoms with E-state index < -0.39 is 67.6 Å². The molecule has 0 aliphatic heterocycles. The zero-order valence-corrected chi connectivity index (χ0v) is 15.1. The number of hydrogen-bond acceptors (Lipinski definition) is 0. The van der Waals surface area contributed by atoms with Gasteiger partial charge in [0, 0.05) is 18.2 Å². The van der Waals surface area contributed by atoms with Gasteiger partial charge < -0.3 is 0 Å². The highest BCUT2D eigenvalue weighted by molar-refractivity contribution is 9.09. The highest BCUT2D eigenvalue weighted by atomic mass is 79.9. The van der Waals surface area contributed by atoms with Crippen LogP contribution in [0.2, 0.25) is 0 Å². The standard InChI is InChI=1S/C13H13BrF14/c14-4-2-1-3-7(5-8(15,10(17,18)19)11(20,21)22)6-9(16,12(23,24)25)13(26,27)28/h7H,1-6H2. The molecule has 0 aliphatic rings. The van der Waals surface area contributed by atoms with E-state index in [9.17, 15) is 61.5 Å². The van der Waals surface area contributed by atoms with Gasteiger partial charge in [0.2, 0.25) is 0 Å². The van der Waals surface area contributed by atoms with E-state index in [0.29, 0.717) is 0 Å². The lowest BCUT2D eigenvalue weighted by Crippen LogP contribution is -2.57. The van der Waals surface area contributed by atoms with Crippen LogP contribution in [0.4, 0.5) is 61.5 Å². The summed E-state index contributed by atoms with van der Waals surface area (Å²) < 4.78 is 179. The van der Waals surface area contributed by atoms with Crippen molar-refractivity contribution in [1.82, 2.24) is 0 Å². The van der Waals surface area contributed by atoms with Crippen LogP contribution in [-0.2, 0) is 0 Å². The fraction of sp³-hybridized carbons (Fsp3) is 1.00. The smallest absolute Gasteiger partial charge is 0.224 e. The molecule has 28 heavy (non-hydrogen) atoms. The summed E-state index contributed by atoms with van der Waals surface area (Å²) in [5.41, 5.74) is -12.2. The average Bonchev–Trinajstić information content (AvgIpc) is 2.42. The van der Waals surface area contributed by atoms with Crippen LogP contribution in [0.25, 0.3) is 0 Å². The Morgan fingerprint density at radius 1 is 0.500 bits per heavy atom. The van der Waals surface area contributed by atoms with Crippen molar-refractivity contribution in [1.29, 1.82) is 0 Å². The summed E-state index contributed by atoms with van der Waals surface area (Å²) in [6, 6.07) is 0. The highest BCUT2D eigenvalue weighted by Crippen LogP contribution is 2.55. The normalized spacial score (nSPS) is 15.4. The van der Waals surface area contributed by atoms with Crippen LogP contribution in [-0.4, -0.2) is 41.4 Å². The number of unbranched alkanes of at least 4 members (excludes halogenated alkanes) is 1. The second kappa shape index (κ2) is 8.70. The third-order valence-electron chi connectivity index (χ3n) is 3.93. The van der Waals surface area contributed by atoms with Gasteiger partial charge in [-0.15, -0.1) is 0 Å². The monoisotopic (exact) mass is 514 g/mol. The molecule has 0 amide bonds. The van der Waals surface area contributed by atoms with Gasteiger partial charge in [-0.25, -0.2) is 8.78 Å². The summed E-state index contributed by atoms with van der Waals surface area (Å²) in [5, 5.41) is 0.0539. The van der Waals surface area contributed by atoms with Gasteiger partial charge >= 0.3 is 24.7 Å². The SMILES string of the molecule is FC(F)(F)C(F)(CC(CCCCBr)CC(F)(C(F)(F)F)C(F)(F)F)C(F)(F)F. The molecular weight excluding hydrogens is 502 g/mol. The minimum atomic E-state index is -6.69. The molecule has 0 bridgehead atoms. The van der Waals surface area contributed by atoms with Crippen molar-refractivity contribution in [2.45, 2.75) is 68.1 Å². The Morgan fingerprint density at radius 2 is 0.786 bits per heavy atom. The summed E-state index contributed by atoms with van der Waals surface area (Å²) in [7, 11) is 0. The molecule has 0 N–H and O–H groups in total. The third kappa shape index (κ3) is 6.00. The Bertz CT molecular complexity index is 417. The first kappa shape index (κ1) is 27.5. The second-order valence-corrected chi connectivity index (χ2v) is 6.85. The first-order valence-corrected chi connectivity index (χ1v) is 8.47. The Balaban J connectivity index is 6.08. The predicted octanol–water partition coefficient (Wildman–Crippen LogP) is 7.61. The van der Waals surface area contributed by atoms with E-state index in [2.05, 4.69) is 15.9 Å². The largest absolute Gasteiger partial charge is 0.431 e. The van der Waals surface area contributed by atoms with E-state index in [-0.39, 0.29) is 11.8 Å². The van der Waals surface area contributed by atoms with Crippen molar-refractivity contribution < 1.29 is 61.5 Å². The highest BCUT2D eigenvalue weighted by Gasteiger charge is 2.75. The molecule has 0 heterocycles. The Morgan fingerprint density at radius 3 is 1.00 bits per heavy atom. The lowest BCUT2D eigenvalue weighted by Gasteiger charge is -2.37. The van der Waals surface area contributed by atoms with E-state index in [4.69, 9.17) is 0 Å². The van der Waals surface area contributed by atoms with E-state index in [0.717, 1.165) is 0 Å². The van der Waals surface area contributed by atoms with Crippen molar-refractivity contribution in [3.05, 3.63) is 0 Å². The van der Waals surface area contributed by atoms with Gasteiger partial charge in [0.15, 0.2) is 0 Å². The molecule has 0 atom stereocenters. The zero-order valence-electron chi connectivity index (χ0n) is 13.5. The van der Waals surface area contributed by atoms with Crippen LogP contribution in [0.15, 0.2) is 0 Å². The van der Waals surface area contributed by atoms with Crippen LogP contribution in [0.3, 0.4) is 0 Å². The van der Waals surface area contributed by atoms with E-state index in [1.54, 1.807) is 0 Å². The molecule has 0 saturated heterocycles. The fourth-order valence-electron chi connectivity index (χ4n) is 2.38. The molecule has 0 aromatic heterocycles. The molecule has 0 nitrogen and oxygen atoms in total. The number of halogens is 15.